The van der Waals surface area contributed by atoms with Gasteiger partial charge in [-0.25, -0.2) is 0 Å². The van der Waals surface area contributed by atoms with Crippen molar-refractivity contribution in [2.45, 2.75) is 24.9 Å². The molecule has 1 fully saturated rings. The molecule has 1 aliphatic rings. The number of nitrogens with one attached hydrogen (secondary N) is 1. The topological polar surface area (TPSA) is 86.4 Å². The van der Waals surface area contributed by atoms with Gasteiger partial charge in [-0.1, -0.05) is 29.8 Å². The standard InChI is InChI=1S/C18H20ClN3O3.ClH/c19-15-4-2-1-3-13(15)11-22-12-14(5-6-16(22)23)21-17(24)18(20)7-9-25-10-8-18;/h1-6,12H,7-11,20H2,(H,21,24);1H. The molecule has 1 saturated heterocycles. The molecular formula is C18H21Cl2N3O3. The van der Waals surface area contributed by atoms with Crippen LogP contribution in [-0.4, -0.2) is 29.2 Å². The maximum atomic E-state index is 12.5. The molecular weight excluding hydrogens is 377 g/mol. The first kappa shape index (κ1) is 20.5. The lowest BCUT2D eigenvalue weighted by Gasteiger charge is -2.31. The molecule has 0 radical (unpaired) electrons. The molecule has 0 unspecified atom stereocenters. The average Bonchev–Trinajstić information content (AvgIpc) is 2.60. The lowest BCUT2D eigenvalue weighted by molar-refractivity contribution is -0.124. The van der Waals surface area contributed by atoms with E-state index in [9.17, 15) is 9.59 Å². The third kappa shape index (κ3) is 4.65. The van der Waals surface area contributed by atoms with Gasteiger partial charge >= 0.3 is 0 Å². The second-order valence-corrected chi connectivity index (χ2v) is 6.61. The molecule has 1 aromatic carbocycles. The summed E-state index contributed by atoms with van der Waals surface area (Å²) in [6.07, 6.45) is 2.54. The lowest BCUT2D eigenvalue weighted by Crippen LogP contribution is -2.54. The summed E-state index contributed by atoms with van der Waals surface area (Å²) >= 11 is 6.16. The minimum Gasteiger partial charge on any atom is -0.381 e. The number of hydrogen-bond donors (Lipinski definition) is 2. The highest BCUT2D eigenvalue weighted by atomic mass is 35.5. The Morgan fingerprint density at radius 1 is 1.23 bits per heavy atom. The summed E-state index contributed by atoms with van der Waals surface area (Å²) < 4.78 is 6.76. The molecule has 6 nitrogen and oxygen atoms in total. The van der Waals surface area contributed by atoms with Crippen molar-refractivity contribution in [3.05, 3.63) is 63.5 Å². The average molecular weight is 398 g/mol. The highest BCUT2D eigenvalue weighted by molar-refractivity contribution is 6.31. The van der Waals surface area contributed by atoms with Crippen LogP contribution in [0, 0.1) is 0 Å². The van der Waals surface area contributed by atoms with Crippen LogP contribution in [0.5, 0.6) is 0 Å². The van der Waals surface area contributed by atoms with Gasteiger partial charge < -0.3 is 20.4 Å². The Labute approximate surface area is 162 Å². The number of ether oxygens (including phenoxy) is 1. The second-order valence-electron chi connectivity index (χ2n) is 6.20. The van der Waals surface area contributed by atoms with Crippen LogP contribution in [0.15, 0.2) is 47.4 Å². The van der Waals surface area contributed by atoms with Gasteiger partial charge in [0.15, 0.2) is 0 Å². The minimum absolute atomic E-state index is 0. The van der Waals surface area contributed by atoms with Gasteiger partial charge in [0, 0.05) is 30.5 Å². The molecule has 0 atom stereocenters. The second kappa shape index (κ2) is 8.68. The van der Waals surface area contributed by atoms with Crippen LogP contribution >= 0.6 is 24.0 Å². The first-order chi connectivity index (χ1) is 12.0. The molecule has 140 valence electrons. The lowest BCUT2D eigenvalue weighted by atomic mass is 9.90. The van der Waals surface area contributed by atoms with E-state index >= 15 is 0 Å². The Kier molecular flexibility index (Phi) is 6.83. The summed E-state index contributed by atoms with van der Waals surface area (Å²) in [5, 5.41) is 3.40. The summed E-state index contributed by atoms with van der Waals surface area (Å²) in [6, 6.07) is 10.3. The van der Waals surface area contributed by atoms with Gasteiger partial charge in [0.1, 0.15) is 5.54 Å². The Bertz CT molecular complexity index is 832. The van der Waals surface area contributed by atoms with E-state index < -0.39 is 5.54 Å². The van der Waals surface area contributed by atoms with Crippen molar-refractivity contribution in [3.8, 4) is 0 Å². The zero-order chi connectivity index (χ0) is 17.9. The molecule has 0 bridgehead atoms. The molecule has 3 rings (SSSR count). The van der Waals surface area contributed by atoms with Crippen molar-refractivity contribution in [2.24, 2.45) is 5.73 Å². The van der Waals surface area contributed by atoms with Crippen LogP contribution in [0.3, 0.4) is 0 Å². The van der Waals surface area contributed by atoms with Crippen LogP contribution in [0.4, 0.5) is 5.69 Å². The Morgan fingerprint density at radius 2 is 1.92 bits per heavy atom. The van der Waals surface area contributed by atoms with E-state index in [0.29, 0.717) is 43.3 Å². The number of anilines is 1. The van der Waals surface area contributed by atoms with E-state index in [1.54, 1.807) is 18.3 Å². The number of rotatable bonds is 4. The maximum Gasteiger partial charge on any atom is 0.250 e. The third-order valence-electron chi connectivity index (χ3n) is 4.38. The number of aromatic nitrogens is 1. The van der Waals surface area contributed by atoms with Crippen molar-refractivity contribution in [3.63, 3.8) is 0 Å². The van der Waals surface area contributed by atoms with Gasteiger partial charge in [-0.05, 0) is 30.5 Å². The van der Waals surface area contributed by atoms with Gasteiger partial charge in [0.25, 0.3) is 5.56 Å². The van der Waals surface area contributed by atoms with Crippen LogP contribution in [0.25, 0.3) is 0 Å². The molecule has 8 heteroatoms. The smallest absolute Gasteiger partial charge is 0.250 e. The molecule has 3 N–H and O–H groups in total. The molecule has 26 heavy (non-hydrogen) atoms. The Morgan fingerprint density at radius 3 is 2.62 bits per heavy atom. The van der Waals surface area contributed by atoms with Gasteiger partial charge in [-0.2, -0.15) is 0 Å². The molecule has 2 heterocycles. The number of halogens is 2. The number of nitrogens with zero attached hydrogens (tertiary/aromatic N) is 1. The van der Waals surface area contributed by atoms with Crippen molar-refractivity contribution >= 4 is 35.6 Å². The number of pyridine rings is 1. The monoisotopic (exact) mass is 397 g/mol. The number of nitrogens with two attached hydrogens (primary N) is 1. The predicted octanol–water partition coefficient (Wildman–Crippen LogP) is 2.42. The van der Waals surface area contributed by atoms with E-state index in [1.807, 2.05) is 18.2 Å². The number of carbonyl (C=O) groups excluding carboxylic acids is 1. The van der Waals surface area contributed by atoms with Crippen LogP contribution in [0.1, 0.15) is 18.4 Å². The van der Waals surface area contributed by atoms with E-state index in [-0.39, 0.29) is 23.9 Å². The SMILES string of the molecule is Cl.NC1(C(=O)Nc2ccc(=O)n(Cc3ccccc3Cl)c2)CCOCC1. The fourth-order valence-corrected chi connectivity index (χ4v) is 2.95. The van der Waals surface area contributed by atoms with Crippen molar-refractivity contribution in [1.29, 1.82) is 0 Å². The summed E-state index contributed by atoms with van der Waals surface area (Å²) in [6.45, 7) is 1.26. The van der Waals surface area contributed by atoms with Crippen LogP contribution < -0.4 is 16.6 Å². The number of benzene rings is 1. The highest BCUT2D eigenvalue weighted by Gasteiger charge is 2.35. The van der Waals surface area contributed by atoms with Gasteiger partial charge in [0.2, 0.25) is 5.91 Å². The quantitative estimate of drug-likeness (QED) is 0.828. The van der Waals surface area contributed by atoms with E-state index in [0.717, 1.165) is 5.56 Å². The van der Waals surface area contributed by atoms with Crippen LogP contribution in [0.2, 0.25) is 5.02 Å². The van der Waals surface area contributed by atoms with Crippen molar-refractivity contribution in [1.82, 2.24) is 4.57 Å². The van der Waals surface area contributed by atoms with E-state index in [4.69, 9.17) is 22.1 Å². The predicted molar refractivity (Wildman–Crippen MR) is 104 cm³/mol. The van der Waals surface area contributed by atoms with Gasteiger partial charge in [-0.3, -0.25) is 9.59 Å². The first-order valence-corrected chi connectivity index (χ1v) is 8.48. The van der Waals surface area contributed by atoms with Gasteiger partial charge in [-0.15, -0.1) is 12.4 Å². The molecule has 0 spiro atoms. The Balaban J connectivity index is 0.00000243. The molecule has 0 aliphatic carbocycles. The normalized spacial score (nSPS) is 15.8. The van der Waals surface area contributed by atoms with Crippen molar-refractivity contribution in [2.75, 3.05) is 18.5 Å². The first-order valence-electron chi connectivity index (χ1n) is 8.10. The largest absolute Gasteiger partial charge is 0.381 e. The third-order valence-corrected chi connectivity index (χ3v) is 4.75. The summed E-state index contributed by atoms with van der Waals surface area (Å²) in [4.78, 5) is 24.6. The number of hydrogen-bond acceptors (Lipinski definition) is 4. The zero-order valence-electron chi connectivity index (χ0n) is 14.1. The number of carbonyl (C=O) groups is 1. The number of amides is 1. The molecule has 1 aromatic heterocycles. The van der Waals surface area contributed by atoms with Gasteiger partial charge in [0.05, 0.1) is 12.2 Å². The zero-order valence-corrected chi connectivity index (χ0v) is 15.7. The summed E-state index contributed by atoms with van der Waals surface area (Å²) in [7, 11) is 0. The summed E-state index contributed by atoms with van der Waals surface area (Å²) in [5.74, 6) is -0.265. The van der Waals surface area contributed by atoms with E-state index in [2.05, 4.69) is 5.32 Å². The fourth-order valence-electron chi connectivity index (χ4n) is 2.76. The molecule has 1 aliphatic heterocycles. The molecule has 1 amide bonds. The maximum absolute atomic E-state index is 12.5. The van der Waals surface area contributed by atoms with Crippen molar-refractivity contribution < 1.29 is 9.53 Å². The summed E-state index contributed by atoms with van der Waals surface area (Å²) in [5.41, 5.74) is 6.42. The van der Waals surface area contributed by atoms with Crippen LogP contribution in [-0.2, 0) is 16.1 Å². The fraction of sp³-hybridized carbons (Fsp3) is 0.333. The molecule has 0 saturated carbocycles. The molecule has 2 aromatic rings. The minimum atomic E-state index is -0.943. The van der Waals surface area contributed by atoms with E-state index in [1.165, 1.54) is 10.6 Å². The Hall–Kier alpha value is -1.86. The highest BCUT2D eigenvalue weighted by Crippen LogP contribution is 2.20.